The van der Waals surface area contributed by atoms with Crippen LogP contribution in [0.1, 0.15) is 75.8 Å². The van der Waals surface area contributed by atoms with Gasteiger partial charge in [-0.15, -0.1) is 0 Å². The summed E-state index contributed by atoms with van der Waals surface area (Å²) in [5.41, 5.74) is 1.21. The van der Waals surface area contributed by atoms with E-state index < -0.39 is 0 Å². The lowest BCUT2D eigenvalue weighted by atomic mass is 9.92. The standard InChI is InChI=1S/C15H24N2/c1-2-4-6-8-11-14(10-7-5-3-1)15-12-9-13-16-17-15/h9,12-14H,1-8,10-11H2. The van der Waals surface area contributed by atoms with Crippen LogP contribution in [0.25, 0.3) is 0 Å². The van der Waals surface area contributed by atoms with Crippen molar-refractivity contribution in [3.8, 4) is 0 Å². The molecule has 0 aromatic carbocycles. The molecule has 0 atom stereocenters. The molecule has 0 radical (unpaired) electrons. The van der Waals surface area contributed by atoms with E-state index in [9.17, 15) is 0 Å². The van der Waals surface area contributed by atoms with Crippen LogP contribution in [0.5, 0.6) is 0 Å². The number of nitrogens with zero attached hydrogens (tertiary/aromatic N) is 2. The van der Waals surface area contributed by atoms with Crippen LogP contribution in [-0.2, 0) is 0 Å². The SMILES string of the molecule is c1cnnc(C2CCCCCCCCCC2)c1. The molecule has 2 nitrogen and oxygen atoms in total. The Bertz CT molecular complexity index is 285. The van der Waals surface area contributed by atoms with Crippen molar-refractivity contribution in [3.05, 3.63) is 24.0 Å². The third kappa shape index (κ3) is 4.45. The Kier molecular flexibility index (Phi) is 5.47. The number of hydrogen-bond acceptors (Lipinski definition) is 2. The van der Waals surface area contributed by atoms with Crippen LogP contribution in [0.4, 0.5) is 0 Å². The molecule has 1 aliphatic rings. The van der Waals surface area contributed by atoms with Gasteiger partial charge in [-0.3, -0.25) is 0 Å². The molecular formula is C15H24N2. The molecule has 94 valence electrons. The molecule has 2 rings (SSSR count). The van der Waals surface area contributed by atoms with Gasteiger partial charge < -0.3 is 0 Å². The van der Waals surface area contributed by atoms with E-state index in [-0.39, 0.29) is 0 Å². The molecule has 1 fully saturated rings. The van der Waals surface area contributed by atoms with Gasteiger partial charge in [0, 0.05) is 12.1 Å². The fourth-order valence-corrected chi connectivity index (χ4v) is 2.81. The minimum Gasteiger partial charge on any atom is -0.159 e. The third-order valence-electron chi connectivity index (χ3n) is 3.87. The zero-order valence-corrected chi connectivity index (χ0v) is 10.8. The number of hydrogen-bond donors (Lipinski definition) is 0. The third-order valence-corrected chi connectivity index (χ3v) is 3.87. The van der Waals surface area contributed by atoms with E-state index in [0.29, 0.717) is 5.92 Å². The second kappa shape index (κ2) is 7.41. The Balaban J connectivity index is 1.93. The van der Waals surface area contributed by atoms with Gasteiger partial charge in [-0.2, -0.15) is 10.2 Å². The van der Waals surface area contributed by atoms with Gasteiger partial charge in [-0.25, -0.2) is 0 Å². The van der Waals surface area contributed by atoms with Gasteiger partial charge in [-0.1, -0.05) is 51.4 Å². The van der Waals surface area contributed by atoms with Gasteiger partial charge in [0.05, 0.1) is 5.69 Å². The predicted octanol–water partition coefficient (Wildman–Crippen LogP) is 4.47. The molecule has 0 amide bonds. The predicted molar refractivity (Wildman–Crippen MR) is 70.9 cm³/mol. The van der Waals surface area contributed by atoms with Crippen molar-refractivity contribution in [1.82, 2.24) is 10.2 Å². The molecule has 0 saturated heterocycles. The first-order valence-corrected chi connectivity index (χ1v) is 7.24. The Labute approximate surface area is 105 Å². The van der Waals surface area contributed by atoms with E-state index in [0.717, 1.165) is 0 Å². The summed E-state index contributed by atoms with van der Waals surface area (Å²) < 4.78 is 0. The second-order valence-corrected chi connectivity index (χ2v) is 5.25. The summed E-state index contributed by atoms with van der Waals surface area (Å²) in [4.78, 5) is 0. The molecule has 0 spiro atoms. The molecule has 1 saturated carbocycles. The van der Waals surface area contributed by atoms with Crippen molar-refractivity contribution >= 4 is 0 Å². The molecular weight excluding hydrogens is 208 g/mol. The summed E-state index contributed by atoms with van der Waals surface area (Å²) in [6.45, 7) is 0. The van der Waals surface area contributed by atoms with Crippen molar-refractivity contribution in [3.63, 3.8) is 0 Å². The lowest BCUT2D eigenvalue weighted by Crippen LogP contribution is -2.03. The van der Waals surface area contributed by atoms with E-state index in [1.165, 1.54) is 69.9 Å². The Morgan fingerprint density at radius 1 is 0.824 bits per heavy atom. The summed E-state index contributed by atoms with van der Waals surface area (Å²) in [6, 6.07) is 4.17. The molecule has 0 N–H and O–H groups in total. The van der Waals surface area contributed by atoms with E-state index >= 15 is 0 Å². The lowest BCUT2D eigenvalue weighted by Gasteiger charge is -2.15. The fraction of sp³-hybridized carbons (Fsp3) is 0.733. The summed E-state index contributed by atoms with van der Waals surface area (Å²) in [5, 5.41) is 8.33. The summed E-state index contributed by atoms with van der Waals surface area (Å²) in [5.74, 6) is 0.654. The highest BCUT2D eigenvalue weighted by Gasteiger charge is 2.13. The van der Waals surface area contributed by atoms with E-state index in [1.54, 1.807) is 6.20 Å². The summed E-state index contributed by atoms with van der Waals surface area (Å²) in [6.07, 6.45) is 15.6. The van der Waals surface area contributed by atoms with Crippen LogP contribution < -0.4 is 0 Å². The Morgan fingerprint density at radius 3 is 1.94 bits per heavy atom. The quantitative estimate of drug-likeness (QED) is 0.713. The molecule has 2 heteroatoms. The molecule has 1 heterocycles. The van der Waals surface area contributed by atoms with Crippen LogP contribution in [0.3, 0.4) is 0 Å². The zero-order chi connectivity index (χ0) is 11.8. The molecule has 1 aromatic rings. The molecule has 0 bridgehead atoms. The maximum atomic E-state index is 4.30. The maximum absolute atomic E-state index is 4.30. The average Bonchev–Trinajstić information content (AvgIpc) is 2.45. The average molecular weight is 232 g/mol. The minimum absolute atomic E-state index is 0.654. The summed E-state index contributed by atoms with van der Waals surface area (Å²) in [7, 11) is 0. The first-order valence-electron chi connectivity index (χ1n) is 7.24. The summed E-state index contributed by atoms with van der Waals surface area (Å²) >= 11 is 0. The largest absolute Gasteiger partial charge is 0.159 e. The normalized spacial score (nSPS) is 20.7. The first-order chi connectivity index (χ1) is 8.47. The molecule has 0 aliphatic heterocycles. The van der Waals surface area contributed by atoms with Crippen LogP contribution in [-0.4, -0.2) is 10.2 Å². The number of aromatic nitrogens is 2. The van der Waals surface area contributed by atoms with Crippen molar-refractivity contribution in [2.75, 3.05) is 0 Å². The molecule has 17 heavy (non-hydrogen) atoms. The monoisotopic (exact) mass is 232 g/mol. The highest BCUT2D eigenvalue weighted by atomic mass is 15.1. The first kappa shape index (κ1) is 12.5. The van der Waals surface area contributed by atoms with E-state index in [4.69, 9.17) is 0 Å². The van der Waals surface area contributed by atoms with Gasteiger partial charge in [0.15, 0.2) is 0 Å². The molecule has 0 unspecified atom stereocenters. The van der Waals surface area contributed by atoms with Gasteiger partial charge >= 0.3 is 0 Å². The van der Waals surface area contributed by atoms with Gasteiger partial charge in [-0.05, 0) is 25.0 Å². The second-order valence-electron chi connectivity index (χ2n) is 5.25. The minimum atomic E-state index is 0.654. The van der Waals surface area contributed by atoms with Gasteiger partial charge in [0.1, 0.15) is 0 Å². The Morgan fingerprint density at radius 2 is 1.41 bits per heavy atom. The zero-order valence-electron chi connectivity index (χ0n) is 10.8. The van der Waals surface area contributed by atoms with Crippen LogP contribution in [0, 0.1) is 0 Å². The number of rotatable bonds is 1. The lowest BCUT2D eigenvalue weighted by molar-refractivity contribution is 0.501. The molecule has 1 aromatic heterocycles. The molecule has 1 aliphatic carbocycles. The van der Waals surface area contributed by atoms with Crippen LogP contribution >= 0.6 is 0 Å². The van der Waals surface area contributed by atoms with Crippen molar-refractivity contribution in [2.24, 2.45) is 0 Å². The Hall–Kier alpha value is -0.920. The van der Waals surface area contributed by atoms with Crippen molar-refractivity contribution < 1.29 is 0 Å². The van der Waals surface area contributed by atoms with Crippen molar-refractivity contribution in [2.45, 2.75) is 70.1 Å². The van der Waals surface area contributed by atoms with E-state index in [2.05, 4.69) is 16.3 Å². The van der Waals surface area contributed by atoms with E-state index in [1.807, 2.05) is 6.07 Å². The smallest absolute Gasteiger partial charge is 0.0661 e. The topological polar surface area (TPSA) is 25.8 Å². The highest BCUT2D eigenvalue weighted by Crippen LogP contribution is 2.27. The highest BCUT2D eigenvalue weighted by molar-refractivity contribution is 5.06. The van der Waals surface area contributed by atoms with Crippen LogP contribution in [0.15, 0.2) is 18.3 Å². The van der Waals surface area contributed by atoms with Crippen molar-refractivity contribution in [1.29, 1.82) is 0 Å². The van der Waals surface area contributed by atoms with Crippen LogP contribution in [0.2, 0.25) is 0 Å². The fourth-order valence-electron chi connectivity index (χ4n) is 2.81. The van der Waals surface area contributed by atoms with Gasteiger partial charge in [0.2, 0.25) is 0 Å². The maximum Gasteiger partial charge on any atom is 0.0661 e. The van der Waals surface area contributed by atoms with Gasteiger partial charge in [0.25, 0.3) is 0 Å².